The number of nitrogens with one attached hydrogen (secondary N) is 1. The summed E-state index contributed by atoms with van der Waals surface area (Å²) in [7, 11) is 3.32. The number of carbonyl (C=O) groups is 1. The zero-order valence-corrected chi connectivity index (χ0v) is 13.1. The molecule has 1 N–H and O–H groups in total. The summed E-state index contributed by atoms with van der Waals surface area (Å²) in [4.78, 5) is 13.3. The van der Waals surface area contributed by atoms with Crippen LogP contribution in [0.3, 0.4) is 0 Å². The minimum Gasteiger partial charge on any atom is -0.495 e. The first-order valence-corrected chi connectivity index (χ1v) is 6.63. The molecule has 0 spiro atoms. The Morgan fingerprint density at radius 3 is 2.59 bits per heavy atom. The average molecular weight is 366 g/mol. The maximum atomic E-state index is 11.7. The second-order valence-electron chi connectivity index (χ2n) is 3.41. The van der Waals surface area contributed by atoms with Crippen molar-refractivity contribution < 1.29 is 9.53 Å². The monoisotopic (exact) mass is 364 g/mol. The summed E-state index contributed by atoms with van der Waals surface area (Å²) in [6.45, 7) is 2.56. The summed E-state index contributed by atoms with van der Waals surface area (Å²) >= 11 is 6.76. The highest BCUT2D eigenvalue weighted by atomic mass is 79.9. The zero-order valence-electron chi connectivity index (χ0n) is 9.88. The van der Waals surface area contributed by atoms with E-state index in [-0.39, 0.29) is 6.03 Å². The van der Waals surface area contributed by atoms with Gasteiger partial charge >= 0.3 is 6.03 Å². The number of methoxy groups -OCH3 is 1. The molecule has 0 aliphatic heterocycles. The van der Waals surface area contributed by atoms with Crippen LogP contribution >= 0.6 is 31.9 Å². The molecule has 1 rings (SSSR count). The van der Waals surface area contributed by atoms with Gasteiger partial charge in [-0.3, -0.25) is 0 Å². The van der Waals surface area contributed by atoms with Gasteiger partial charge in [0, 0.05) is 24.1 Å². The second kappa shape index (κ2) is 6.26. The van der Waals surface area contributed by atoms with Crippen molar-refractivity contribution in [1.82, 2.24) is 4.90 Å². The molecule has 17 heavy (non-hydrogen) atoms. The summed E-state index contributed by atoms with van der Waals surface area (Å²) in [6, 6.07) is 3.44. The maximum absolute atomic E-state index is 11.7. The van der Waals surface area contributed by atoms with Crippen LogP contribution in [0.5, 0.6) is 5.75 Å². The molecule has 0 aromatic heterocycles. The number of hydrogen-bond acceptors (Lipinski definition) is 2. The average Bonchev–Trinajstić information content (AvgIpc) is 2.31. The molecule has 4 nitrogen and oxygen atoms in total. The molecule has 6 heteroatoms. The Hall–Kier alpha value is -0.750. The Morgan fingerprint density at radius 1 is 1.41 bits per heavy atom. The lowest BCUT2D eigenvalue weighted by molar-refractivity contribution is 0.224. The van der Waals surface area contributed by atoms with E-state index in [2.05, 4.69) is 37.2 Å². The van der Waals surface area contributed by atoms with Gasteiger partial charge in [-0.25, -0.2) is 4.79 Å². The molecule has 0 saturated heterocycles. The molecule has 94 valence electrons. The molecule has 0 bridgehead atoms. The Bertz CT molecular complexity index is 424. The molecule has 0 heterocycles. The topological polar surface area (TPSA) is 41.6 Å². The van der Waals surface area contributed by atoms with Gasteiger partial charge in [0.15, 0.2) is 0 Å². The van der Waals surface area contributed by atoms with Crippen LogP contribution in [0.4, 0.5) is 10.5 Å². The van der Waals surface area contributed by atoms with E-state index in [1.165, 1.54) is 0 Å². The van der Waals surface area contributed by atoms with Crippen molar-refractivity contribution in [2.24, 2.45) is 0 Å². The Kier molecular flexibility index (Phi) is 5.27. The number of nitrogens with zero attached hydrogens (tertiary/aromatic N) is 1. The summed E-state index contributed by atoms with van der Waals surface area (Å²) in [6.07, 6.45) is 0. The van der Waals surface area contributed by atoms with Crippen molar-refractivity contribution in [1.29, 1.82) is 0 Å². The van der Waals surface area contributed by atoms with Crippen LogP contribution in [0.25, 0.3) is 0 Å². The van der Waals surface area contributed by atoms with Gasteiger partial charge in [-0.05, 0) is 44.8 Å². The minimum absolute atomic E-state index is 0.155. The predicted octanol–water partition coefficient (Wildman–Crippen LogP) is 3.70. The molecule has 2 amide bonds. The quantitative estimate of drug-likeness (QED) is 0.887. The zero-order chi connectivity index (χ0) is 13.0. The first-order chi connectivity index (χ1) is 7.99. The number of anilines is 1. The van der Waals surface area contributed by atoms with E-state index in [4.69, 9.17) is 4.74 Å². The van der Waals surface area contributed by atoms with E-state index in [1.807, 2.05) is 13.0 Å². The van der Waals surface area contributed by atoms with Crippen molar-refractivity contribution in [3.05, 3.63) is 21.1 Å². The third-order valence-electron chi connectivity index (χ3n) is 2.30. The summed E-state index contributed by atoms with van der Waals surface area (Å²) < 4.78 is 6.80. The van der Waals surface area contributed by atoms with Gasteiger partial charge in [-0.2, -0.15) is 0 Å². The number of rotatable bonds is 3. The van der Waals surface area contributed by atoms with Gasteiger partial charge < -0.3 is 15.0 Å². The smallest absolute Gasteiger partial charge is 0.321 e. The van der Waals surface area contributed by atoms with Gasteiger partial charge in [0.1, 0.15) is 5.75 Å². The lowest BCUT2D eigenvalue weighted by Crippen LogP contribution is -2.31. The van der Waals surface area contributed by atoms with Crippen LogP contribution in [0.1, 0.15) is 6.92 Å². The summed E-state index contributed by atoms with van der Waals surface area (Å²) in [5.74, 6) is 0.669. The molecule has 0 fully saturated rings. The van der Waals surface area contributed by atoms with Crippen LogP contribution < -0.4 is 10.1 Å². The van der Waals surface area contributed by atoms with Gasteiger partial charge in [0.05, 0.1) is 17.3 Å². The number of amides is 2. The molecular weight excluding hydrogens is 352 g/mol. The lowest BCUT2D eigenvalue weighted by atomic mass is 10.3. The van der Waals surface area contributed by atoms with Crippen LogP contribution in [-0.2, 0) is 0 Å². The van der Waals surface area contributed by atoms with Crippen molar-refractivity contribution >= 4 is 43.6 Å². The summed E-state index contributed by atoms with van der Waals surface area (Å²) in [5.41, 5.74) is 0.676. The van der Waals surface area contributed by atoms with Gasteiger partial charge in [0.25, 0.3) is 0 Å². The number of halogens is 2. The van der Waals surface area contributed by atoms with Crippen LogP contribution in [0.2, 0.25) is 0 Å². The molecule has 0 atom stereocenters. The van der Waals surface area contributed by atoms with E-state index in [9.17, 15) is 4.79 Å². The third kappa shape index (κ3) is 3.61. The first kappa shape index (κ1) is 14.3. The van der Waals surface area contributed by atoms with Crippen molar-refractivity contribution in [2.75, 3.05) is 26.0 Å². The van der Waals surface area contributed by atoms with Gasteiger partial charge in [-0.15, -0.1) is 0 Å². The molecule has 0 saturated carbocycles. The molecule has 0 unspecified atom stereocenters. The minimum atomic E-state index is -0.155. The SMILES string of the molecule is CCN(C)C(=O)Nc1cc(OC)c(Br)cc1Br. The fourth-order valence-corrected chi connectivity index (χ4v) is 2.39. The van der Waals surface area contributed by atoms with Gasteiger partial charge in [-0.1, -0.05) is 0 Å². The van der Waals surface area contributed by atoms with E-state index in [0.717, 1.165) is 8.95 Å². The Morgan fingerprint density at radius 2 is 2.06 bits per heavy atom. The molecule has 0 radical (unpaired) electrons. The largest absolute Gasteiger partial charge is 0.495 e. The van der Waals surface area contributed by atoms with E-state index in [0.29, 0.717) is 18.0 Å². The molecule has 1 aromatic rings. The van der Waals surface area contributed by atoms with Crippen molar-refractivity contribution in [3.63, 3.8) is 0 Å². The molecular formula is C11H14Br2N2O2. The Labute approximate surface area is 118 Å². The fourth-order valence-electron chi connectivity index (χ4n) is 1.14. The Balaban J connectivity index is 2.95. The van der Waals surface area contributed by atoms with Crippen LogP contribution in [0, 0.1) is 0 Å². The highest BCUT2D eigenvalue weighted by Gasteiger charge is 2.11. The fraction of sp³-hybridized carbons (Fsp3) is 0.364. The normalized spacial score (nSPS) is 9.94. The standard InChI is InChI=1S/C11H14Br2N2O2/c1-4-15(2)11(16)14-9-6-10(17-3)8(13)5-7(9)12/h5-6H,4H2,1-3H3,(H,14,16). The van der Waals surface area contributed by atoms with E-state index in [1.54, 1.807) is 25.1 Å². The van der Waals surface area contributed by atoms with E-state index >= 15 is 0 Å². The number of hydrogen-bond donors (Lipinski definition) is 1. The third-order valence-corrected chi connectivity index (χ3v) is 3.58. The first-order valence-electron chi connectivity index (χ1n) is 5.04. The predicted molar refractivity (Wildman–Crippen MR) is 75.7 cm³/mol. The second-order valence-corrected chi connectivity index (χ2v) is 5.12. The van der Waals surface area contributed by atoms with Gasteiger partial charge in [0.2, 0.25) is 0 Å². The molecule has 0 aliphatic rings. The van der Waals surface area contributed by atoms with Crippen molar-refractivity contribution in [3.8, 4) is 5.75 Å². The summed E-state index contributed by atoms with van der Waals surface area (Å²) in [5, 5.41) is 2.80. The highest BCUT2D eigenvalue weighted by molar-refractivity contribution is 9.11. The highest BCUT2D eigenvalue weighted by Crippen LogP contribution is 2.34. The number of ether oxygens (including phenoxy) is 1. The number of urea groups is 1. The number of benzene rings is 1. The van der Waals surface area contributed by atoms with Crippen molar-refractivity contribution in [2.45, 2.75) is 6.92 Å². The molecule has 0 aliphatic carbocycles. The lowest BCUT2D eigenvalue weighted by Gasteiger charge is -2.17. The molecule has 1 aromatic carbocycles. The van der Waals surface area contributed by atoms with Crippen LogP contribution in [-0.4, -0.2) is 31.6 Å². The van der Waals surface area contributed by atoms with E-state index < -0.39 is 0 Å². The number of carbonyl (C=O) groups excluding carboxylic acids is 1. The maximum Gasteiger partial charge on any atom is 0.321 e. The van der Waals surface area contributed by atoms with Crippen LogP contribution in [0.15, 0.2) is 21.1 Å².